The van der Waals surface area contributed by atoms with Gasteiger partial charge in [0.2, 0.25) is 0 Å². The van der Waals surface area contributed by atoms with Gasteiger partial charge in [0.1, 0.15) is 6.33 Å². The molecule has 3 heteroatoms. The largest absolute Gasteiger partial charge is 0.245 e. The summed E-state index contributed by atoms with van der Waals surface area (Å²) in [6.45, 7) is 6.58. The van der Waals surface area contributed by atoms with Gasteiger partial charge in [0.05, 0.1) is 0 Å². The smallest absolute Gasteiger partial charge is 0.115 e. The van der Waals surface area contributed by atoms with Gasteiger partial charge in [-0.05, 0) is 17.4 Å². The molecule has 0 spiro atoms. The Hall–Kier alpha value is -0.440. The molecule has 1 atom stereocenters. The number of aromatic nitrogens is 2. The molecular weight excluding hydrogens is 228 g/mol. The molecule has 1 unspecified atom stereocenters. The average Bonchev–Trinajstić information content (AvgIpc) is 2.04. The topological polar surface area (TPSA) is 25.8 Å². The molecule has 0 fully saturated rings. The Balaban J connectivity index is 2.81. The summed E-state index contributed by atoms with van der Waals surface area (Å²) in [5.74, 6) is 0. The number of alkyl halides is 1. The predicted octanol–water partition coefficient (Wildman–Crippen LogP) is 2.93. The number of hydrogen-bond donors (Lipinski definition) is 0. The molecule has 1 rings (SSSR count). The van der Waals surface area contributed by atoms with Crippen LogP contribution in [-0.4, -0.2) is 14.8 Å². The van der Waals surface area contributed by atoms with E-state index in [9.17, 15) is 0 Å². The summed E-state index contributed by atoms with van der Waals surface area (Å²) >= 11 is 3.57. The van der Waals surface area contributed by atoms with Crippen LogP contribution in [0.5, 0.6) is 0 Å². The highest BCUT2D eigenvalue weighted by atomic mass is 79.9. The molecule has 0 aliphatic heterocycles. The molecule has 0 aromatic carbocycles. The van der Waals surface area contributed by atoms with E-state index >= 15 is 0 Å². The highest BCUT2D eigenvalue weighted by Gasteiger charge is 2.22. The Morgan fingerprint density at radius 2 is 1.92 bits per heavy atom. The molecule has 0 saturated carbocycles. The van der Waals surface area contributed by atoms with Crippen LogP contribution in [0.4, 0.5) is 0 Å². The molecule has 72 valence electrons. The second-order valence-electron chi connectivity index (χ2n) is 4.00. The molecule has 0 N–H and O–H groups in total. The fourth-order valence-corrected chi connectivity index (χ4v) is 2.28. The van der Waals surface area contributed by atoms with Crippen molar-refractivity contribution in [3.8, 4) is 0 Å². The lowest BCUT2D eigenvalue weighted by Crippen LogP contribution is -2.21. The van der Waals surface area contributed by atoms with Gasteiger partial charge in [0.25, 0.3) is 0 Å². The fourth-order valence-electron chi connectivity index (χ4n) is 1.47. The molecule has 0 aliphatic carbocycles. The van der Waals surface area contributed by atoms with Crippen LogP contribution < -0.4 is 0 Å². The summed E-state index contributed by atoms with van der Waals surface area (Å²) in [4.78, 5) is 8.58. The lowest BCUT2D eigenvalue weighted by molar-refractivity contribution is 0.478. The van der Waals surface area contributed by atoms with Crippen LogP contribution in [-0.2, 0) is 5.41 Å². The first-order valence-corrected chi connectivity index (χ1v) is 5.33. The highest BCUT2D eigenvalue weighted by Crippen LogP contribution is 2.29. The zero-order chi connectivity index (χ0) is 9.90. The van der Waals surface area contributed by atoms with E-state index in [1.165, 1.54) is 5.56 Å². The molecule has 0 saturated heterocycles. The third-order valence-corrected chi connectivity index (χ3v) is 2.46. The molecule has 13 heavy (non-hydrogen) atoms. The Morgan fingerprint density at radius 1 is 1.38 bits per heavy atom. The monoisotopic (exact) mass is 242 g/mol. The molecular formula is C10H15BrN2. The third-order valence-electron chi connectivity index (χ3n) is 2.13. The highest BCUT2D eigenvalue weighted by molar-refractivity contribution is 9.09. The van der Waals surface area contributed by atoms with Crippen LogP contribution in [0.2, 0.25) is 0 Å². The minimum atomic E-state index is 0.143. The minimum absolute atomic E-state index is 0.143. The van der Waals surface area contributed by atoms with Gasteiger partial charge in [0.15, 0.2) is 0 Å². The van der Waals surface area contributed by atoms with Gasteiger partial charge in [-0.25, -0.2) is 9.97 Å². The number of nitrogens with zero attached hydrogens (tertiary/aromatic N) is 2. The summed E-state index contributed by atoms with van der Waals surface area (Å²) in [7, 11) is 0. The minimum Gasteiger partial charge on any atom is -0.245 e. The predicted molar refractivity (Wildman–Crippen MR) is 58.1 cm³/mol. The molecule has 0 aliphatic rings. The van der Waals surface area contributed by atoms with Crippen molar-refractivity contribution < 1.29 is 0 Å². The lowest BCUT2D eigenvalue weighted by Gasteiger charge is -2.25. The Labute approximate surface area is 87.9 Å². The molecule has 1 heterocycles. The van der Waals surface area contributed by atoms with Gasteiger partial charge in [-0.15, -0.1) is 0 Å². The zero-order valence-corrected chi connectivity index (χ0v) is 9.87. The van der Waals surface area contributed by atoms with Crippen molar-refractivity contribution in [1.82, 2.24) is 9.97 Å². The van der Waals surface area contributed by atoms with Crippen molar-refractivity contribution in [1.29, 1.82) is 0 Å². The van der Waals surface area contributed by atoms with Crippen molar-refractivity contribution in [2.75, 3.05) is 0 Å². The number of halogens is 1. The van der Waals surface area contributed by atoms with Gasteiger partial charge in [-0.2, -0.15) is 0 Å². The van der Waals surface area contributed by atoms with E-state index in [-0.39, 0.29) is 5.41 Å². The van der Waals surface area contributed by atoms with Crippen LogP contribution in [0.15, 0.2) is 18.7 Å². The van der Waals surface area contributed by atoms with Crippen molar-refractivity contribution in [2.45, 2.75) is 37.4 Å². The van der Waals surface area contributed by atoms with Crippen molar-refractivity contribution >= 4 is 15.9 Å². The maximum atomic E-state index is 4.03. The van der Waals surface area contributed by atoms with Gasteiger partial charge in [-0.1, -0.05) is 36.7 Å². The molecule has 1 aromatic heterocycles. The van der Waals surface area contributed by atoms with Crippen LogP contribution >= 0.6 is 15.9 Å². The van der Waals surface area contributed by atoms with Crippen molar-refractivity contribution in [3.05, 3.63) is 24.3 Å². The van der Waals surface area contributed by atoms with E-state index in [1.54, 1.807) is 6.33 Å². The molecule has 1 aromatic rings. The summed E-state index contributed by atoms with van der Waals surface area (Å²) in [6.07, 6.45) is 6.43. The maximum absolute atomic E-state index is 4.03. The van der Waals surface area contributed by atoms with Gasteiger partial charge < -0.3 is 0 Å². The first kappa shape index (κ1) is 10.6. The van der Waals surface area contributed by atoms with E-state index in [0.29, 0.717) is 4.83 Å². The van der Waals surface area contributed by atoms with Gasteiger partial charge in [-0.3, -0.25) is 0 Å². The Kier molecular flexibility index (Phi) is 3.42. The van der Waals surface area contributed by atoms with Crippen LogP contribution in [0.25, 0.3) is 0 Å². The number of hydrogen-bond acceptors (Lipinski definition) is 2. The number of rotatable bonds is 3. The Morgan fingerprint density at radius 3 is 2.38 bits per heavy atom. The van der Waals surface area contributed by atoms with E-state index < -0.39 is 0 Å². The second kappa shape index (κ2) is 4.18. The third kappa shape index (κ3) is 3.07. The molecule has 0 bridgehead atoms. The molecule has 0 radical (unpaired) electrons. The van der Waals surface area contributed by atoms with E-state index in [1.807, 2.05) is 12.4 Å². The Bertz CT molecular complexity index is 257. The first-order valence-electron chi connectivity index (χ1n) is 4.42. The maximum Gasteiger partial charge on any atom is 0.115 e. The summed E-state index contributed by atoms with van der Waals surface area (Å²) in [5.41, 5.74) is 1.34. The van der Waals surface area contributed by atoms with Crippen LogP contribution in [0.3, 0.4) is 0 Å². The van der Waals surface area contributed by atoms with E-state index in [4.69, 9.17) is 0 Å². The standard InChI is InChI=1S/C10H15BrN2/c1-8(11)4-10(2,3)9-5-12-7-13-6-9/h5-8H,4H2,1-3H3. The van der Waals surface area contributed by atoms with E-state index in [0.717, 1.165) is 6.42 Å². The van der Waals surface area contributed by atoms with Gasteiger partial charge >= 0.3 is 0 Å². The molecule has 0 amide bonds. The van der Waals surface area contributed by atoms with Crippen molar-refractivity contribution in [3.63, 3.8) is 0 Å². The zero-order valence-electron chi connectivity index (χ0n) is 8.29. The van der Waals surface area contributed by atoms with Crippen LogP contribution in [0.1, 0.15) is 32.8 Å². The quantitative estimate of drug-likeness (QED) is 0.763. The van der Waals surface area contributed by atoms with Crippen molar-refractivity contribution in [2.24, 2.45) is 0 Å². The first-order chi connectivity index (χ1) is 6.02. The normalized spacial score (nSPS) is 14.2. The van der Waals surface area contributed by atoms with Crippen LogP contribution in [0, 0.1) is 0 Å². The SMILES string of the molecule is CC(Br)CC(C)(C)c1cncnc1. The second-order valence-corrected chi connectivity index (χ2v) is 5.56. The van der Waals surface area contributed by atoms with E-state index in [2.05, 4.69) is 46.7 Å². The summed E-state index contributed by atoms with van der Waals surface area (Å²) in [5, 5.41) is 0. The summed E-state index contributed by atoms with van der Waals surface area (Å²) < 4.78 is 0. The molecule has 2 nitrogen and oxygen atoms in total. The lowest BCUT2D eigenvalue weighted by atomic mass is 9.82. The van der Waals surface area contributed by atoms with Gasteiger partial charge in [0, 0.05) is 17.2 Å². The fraction of sp³-hybridized carbons (Fsp3) is 0.600. The average molecular weight is 243 g/mol. The summed E-state index contributed by atoms with van der Waals surface area (Å²) in [6, 6.07) is 0.